The van der Waals surface area contributed by atoms with Gasteiger partial charge in [-0.3, -0.25) is 14.4 Å². The van der Waals surface area contributed by atoms with Crippen molar-refractivity contribution in [3.63, 3.8) is 0 Å². The Morgan fingerprint density at radius 2 is 1.86 bits per heavy atom. The fourth-order valence-corrected chi connectivity index (χ4v) is 6.19. The van der Waals surface area contributed by atoms with E-state index in [2.05, 4.69) is 26.8 Å². The summed E-state index contributed by atoms with van der Waals surface area (Å²) in [5.41, 5.74) is 1.56. The van der Waals surface area contributed by atoms with Crippen LogP contribution < -0.4 is 0 Å². The van der Waals surface area contributed by atoms with E-state index in [1.165, 1.54) is 13.8 Å². The van der Waals surface area contributed by atoms with Gasteiger partial charge in [0.2, 0.25) is 0 Å². The summed E-state index contributed by atoms with van der Waals surface area (Å²) >= 11 is 0. The van der Waals surface area contributed by atoms with Crippen LogP contribution in [0.2, 0.25) is 0 Å². The molecule has 5 heteroatoms. The van der Waals surface area contributed by atoms with E-state index in [-0.39, 0.29) is 41.1 Å². The van der Waals surface area contributed by atoms with Gasteiger partial charge in [0.25, 0.3) is 0 Å². The van der Waals surface area contributed by atoms with Crippen LogP contribution in [0.15, 0.2) is 23.3 Å². The highest BCUT2D eigenvalue weighted by Crippen LogP contribution is 2.62. The molecule has 0 bridgehead atoms. The van der Waals surface area contributed by atoms with Crippen molar-refractivity contribution in [3.8, 4) is 0 Å². The van der Waals surface area contributed by atoms with Crippen LogP contribution in [0, 0.1) is 28.6 Å². The maximum Gasteiger partial charge on any atom is 0.302 e. The van der Waals surface area contributed by atoms with E-state index in [0.717, 1.165) is 24.0 Å². The molecule has 0 amide bonds. The predicted molar refractivity (Wildman–Crippen MR) is 110 cm³/mol. The summed E-state index contributed by atoms with van der Waals surface area (Å²) in [5.74, 6) is -0.180. The maximum absolute atomic E-state index is 13.4. The van der Waals surface area contributed by atoms with E-state index in [1.54, 1.807) is 0 Å². The molecule has 0 spiro atoms. The fourth-order valence-electron chi connectivity index (χ4n) is 6.19. The van der Waals surface area contributed by atoms with Gasteiger partial charge in [0, 0.05) is 25.7 Å². The molecule has 0 radical (unpaired) electrons. The first-order valence-electron chi connectivity index (χ1n) is 10.7. The molecule has 3 aliphatic carbocycles. The normalized spacial score (nSPS) is 38.9. The van der Waals surface area contributed by atoms with E-state index in [0.29, 0.717) is 25.4 Å². The van der Waals surface area contributed by atoms with Crippen LogP contribution in [0.4, 0.5) is 0 Å². The summed E-state index contributed by atoms with van der Waals surface area (Å²) in [5, 5.41) is 0. The van der Waals surface area contributed by atoms with Crippen LogP contribution in [-0.4, -0.2) is 30.4 Å². The molecule has 0 unspecified atom stereocenters. The van der Waals surface area contributed by atoms with Crippen molar-refractivity contribution in [3.05, 3.63) is 23.3 Å². The van der Waals surface area contributed by atoms with Crippen LogP contribution in [0.25, 0.3) is 0 Å². The molecule has 0 N–H and O–H groups in total. The Hall–Kier alpha value is -1.91. The van der Waals surface area contributed by atoms with Gasteiger partial charge in [0.05, 0.1) is 12.5 Å². The third-order valence-electron chi connectivity index (χ3n) is 8.00. The number of carbonyl (C=O) groups is 3. The Balaban J connectivity index is 2.05. The lowest BCUT2D eigenvalue weighted by Crippen LogP contribution is -2.57. The lowest BCUT2D eigenvalue weighted by atomic mass is 9.46. The highest BCUT2D eigenvalue weighted by Gasteiger charge is 2.60. The van der Waals surface area contributed by atoms with Crippen LogP contribution in [-0.2, 0) is 23.9 Å². The zero-order chi connectivity index (χ0) is 21.6. The van der Waals surface area contributed by atoms with Crippen molar-refractivity contribution in [1.29, 1.82) is 0 Å². The first kappa shape index (κ1) is 21.8. The molecule has 6 atom stereocenters. The Kier molecular flexibility index (Phi) is 5.81. The zero-order valence-corrected chi connectivity index (χ0v) is 18.5. The SMILES string of the molecule is CC(=O)OCC[C@]1(C)C2=CC(=O)[C@@H]3C(C)=CC[C@@H](OC(C)=O)[C@]3(C)[C@H]2CC[C@H]1C. The second-order valence-electron chi connectivity index (χ2n) is 9.62. The van der Waals surface area contributed by atoms with Crippen LogP contribution in [0.3, 0.4) is 0 Å². The minimum Gasteiger partial charge on any atom is -0.466 e. The van der Waals surface area contributed by atoms with Gasteiger partial charge in [-0.05, 0) is 49.5 Å². The number of fused-ring (bicyclic) bond motifs is 3. The molecule has 1 saturated carbocycles. The number of ether oxygens (including phenoxy) is 2. The molecule has 1 fully saturated rings. The smallest absolute Gasteiger partial charge is 0.302 e. The zero-order valence-electron chi connectivity index (χ0n) is 18.5. The summed E-state index contributed by atoms with van der Waals surface area (Å²) in [4.78, 5) is 36.5. The lowest BCUT2D eigenvalue weighted by molar-refractivity contribution is -0.164. The Morgan fingerprint density at radius 1 is 1.17 bits per heavy atom. The first-order valence-corrected chi connectivity index (χ1v) is 10.7. The number of ketones is 1. The Bertz CT molecular complexity index is 778. The number of hydrogen-bond acceptors (Lipinski definition) is 5. The summed E-state index contributed by atoms with van der Waals surface area (Å²) in [7, 11) is 0. The van der Waals surface area contributed by atoms with Crippen molar-refractivity contribution in [2.75, 3.05) is 6.61 Å². The molecule has 0 aromatic heterocycles. The number of hydrogen-bond donors (Lipinski definition) is 0. The van der Waals surface area contributed by atoms with E-state index >= 15 is 0 Å². The van der Waals surface area contributed by atoms with Gasteiger partial charge in [0.1, 0.15) is 6.10 Å². The van der Waals surface area contributed by atoms with Gasteiger partial charge in [-0.2, -0.15) is 0 Å². The first-order chi connectivity index (χ1) is 13.5. The van der Waals surface area contributed by atoms with Crippen molar-refractivity contribution in [2.45, 2.75) is 73.3 Å². The molecule has 160 valence electrons. The standard InChI is InChI=1S/C24H34O5/c1-14-7-10-21(29-17(4)26)24(6)18-9-8-15(2)23(5,11-12-28-16(3)25)19(18)13-20(27)22(14)24/h7,13,15,18,21-22H,8-12H2,1-6H3/t15-,18+,21-,22+,23+,24+/m1/s1. The largest absolute Gasteiger partial charge is 0.466 e. The Morgan fingerprint density at radius 3 is 2.48 bits per heavy atom. The average Bonchev–Trinajstić information content (AvgIpc) is 2.61. The molecule has 5 nitrogen and oxygen atoms in total. The molecule has 0 saturated heterocycles. The predicted octanol–water partition coefficient (Wildman–Crippen LogP) is 4.41. The second-order valence-corrected chi connectivity index (χ2v) is 9.62. The number of esters is 2. The van der Waals surface area contributed by atoms with Gasteiger partial charge < -0.3 is 9.47 Å². The molecule has 0 aliphatic heterocycles. The van der Waals surface area contributed by atoms with Crippen LogP contribution in [0.1, 0.15) is 67.2 Å². The molecule has 3 rings (SSSR count). The molecule has 29 heavy (non-hydrogen) atoms. The number of allylic oxidation sites excluding steroid dienone is 3. The van der Waals surface area contributed by atoms with Gasteiger partial charge in [-0.25, -0.2) is 0 Å². The van der Waals surface area contributed by atoms with E-state index < -0.39 is 5.41 Å². The van der Waals surface area contributed by atoms with Crippen LogP contribution in [0.5, 0.6) is 0 Å². The van der Waals surface area contributed by atoms with Crippen molar-refractivity contribution < 1.29 is 23.9 Å². The van der Waals surface area contributed by atoms with Crippen molar-refractivity contribution >= 4 is 17.7 Å². The summed E-state index contributed by atoms with van der Waals surface area (Å²) < 4.78 is 11.0. The average molecular weight is 403 g/mol. The lowest BCUT2D eigenvalue weighted by Gasteiger charge is -2.58. The van der Waals surface area contributed by atoms with Crippen LogP contribution >= 0.6 is 0 Å². The number of carbonyl (C=O) groups excluding carboxylic acids is 3. The molecule has 0 aromatic rings. The maximum atomic E-state index is 13.4. The minimum atomic E-state index is -0.450. The van der Waals surface area contributed by atoms with E-state index in [1.807, 2.05) is 13.0 Å². The van der Waals surface area contributed by atoms with E-state index in [4.69, 9.17) is 9.47 Å². The summed E-state index contributed by atoms with van der Waals surface area (Å²) in [6, 6.07) is 0. The molecule has 0 aromatic carbocycles. The molecule has 3 aliphatic rings. The third-order valence-corrected chi connectivity index (χ3v) is 8.00. The fraction of sp³-hybridized carbons (Fsp3) is 0.708. The van der Waals surface area contributed by atoms with Gasteiger partial charge in [-0.1, -0.05) is 38.0 Å². The second kappa shape index (κ2) is 7.73. The number of rotatable bonds is 4. The van der Waals surface area contributed by atoms with Crippen molar-refractivity contribution in [2.24, 2.45) is 28.6 Å². The summed E-state index contributed by atoms with van der Waals surface area (Å²) in [6.07, 6.45) is 6.96. The van der Waals surface area contributed by atoms with Gasteiger partial charge in [0.15, 0.2) is 5.78 Å². The topological polar surface area (TPSA) is 69.7 Å². The molecule has 0 heterocycles. The molecular weight excluding hydrogens is 368 g/mol. The minimum absolute atomic E-state index is 0.108. The van der Waals surface area contributed by atoms with Crippen molar-refractivity contribution in [1.82, 2.24) is 0 Å². The van der Waals surface area contributed by atoms with E-state index in [9.17, 15) is 14.4 Å². The monoisotopic (exact) mass is 402 g/mol. The highest BCUT2D eigenvalue weighted by molar-refractivity contribution is 5.97. The Labute approximate surface area is 173 Å². The third kappa shape index (κ3) is 3.57. The van der Waals surface area contributed by atoms with Gasteiger partial charge >= 0.3 is 11.9 Å². The summed E-state index contributed by atoms with van der Waals surface area (Å²) in [6.45, 7) is 11.8. The van der Waals surface area contributed by atoms with Gasteiger partial charge in [-0.15, -0.1) is 0 Å². The quantitative estimate of drug-likeness (QED) is 0.515. The molecular formula is C24H34O5. The highest BCUT2D eigenvalue weighted by atomic mass is 16.5.